The van der Waals surface area contributed by atoms with Gasteiger partial charge in [0.25, 0.3) is 0 Å². The predicted octanol–water partition coefficient (Wildman–Crippen LogP) is 3.08. The first-order valence-corrected chi connectivity index (χ1v) is 7.26. The van der Waals surface area contributed by atoms with Gasteiger partial charge in [-0.05, 0) is 49.5 Å². The highest BCUT2D eigenvalue weighted by atomic mass is 16.5. The lowest BCUT2D eigenvalue weighted by molar-refractivity contribution is 0.100. The van der Waals surface area contributed by atoms with Crippen molar-refractivity contribution in [2.45, 2.75) is 50.2 Å². The Bertz CT molecular complexity index is 372. The summed E-state index contributed by atoms with van der Waals surface area (Å²) in [6.07, 6.45) is 6.51. The highest BCUT2D eigenvalue weighted by molar-refractivity contribution is 5.26. The molecule has 4 atom stereocenters. The van der Waals surface area contributed by atoms with E-state index in [1.165, 1.54) is 24.8 Å². The molecule has 1 aromatic rings. The molecular formula is C16H23NO. The van der Waals surface area contributed by atoms with E-state index >= 15 is 0 Å². The van der Waals surface area contributed by atoms with Crippen molar-refractivity contribution in [3.63, 3.8) is 0 Å². The summed E-state index contributed by atoms with van der Waals surface area (Å²) in [4.78, 5) is 0. The van der Waals surface area contributed by atoms with E-state index < -0.39 is 0 Å². The van der Waals surface area contributed by atoms with E-state index in [9.17, 15) is 0 Å². The monoisotopic (exact) mass is 245 g/mol. The number of ether oxygens (including phenoxy) is 1. The van der Waals surface area contributed by atoms with E-state index in [-0.39, 0.29) is 0 Å². The fourth-order valence-corrected chi connectivity index (χ4v) is 3.24. The Morgan fingerprint density at radius 2 is 2.11 bits per heavy atom. The smallest absolute Gasteiger partial charge is 0.0576 e. The molecule has 1 aromatic carbocycles. The molecule has 0 radical (unpaired) electrons. The van der Waals surface area contributed by atoms with Crippen LogP contribution in [0.3, 0.4) is 0 Å². The zero-order valence-electron chi connectivity index (χ0n) is 10.9. The van der Waals surface area contributed by atoms with E-state index in [1.54, 1.807) is 0 Å². The molecule has 2 N–H and O–H groups in total. The van der Waals surface area contributed by atoms with E-state index in [2.05, 4.69) is 30.3 Å². The van der Waals surface area contributed by atoms with E-state index in [4.69, 9.17) is 10.5 Å². The average molecular weight is 245 g/mol. The summed E-state index contributed by atoms with van der Waals surface area (Å²) in [5.41, 5.74) is 7.80. The molecule has 3 rings (SSSR count). The summed E-state index contributed by atoms with van der Waals surface area (Å²) in [6, 6.07) is 11.2. The fraction of sp³-hybridized carbons (Fsp3) is 0.625. The first-order valence-electron chi connectivity index (χ1n) is 7.26. The van der Waals surface area contributed by atoms with Crippen LogP contribution in [0.2, 0.25) is 0 Å². The molecule has 2 nitrogen and oxygen atoms in total. The Labute approximate surface area is 110 Å². The van der Waals surface area contributed by atoms with Gasteiger partial charge in [0.05, 0.1) is 6.10 Å². The lowest BCUT2D eigenvalue weighted by Crippen LogP contribution is -2.25. The van der Waals surface area contributed by atoms with E-state index in [0.29, 0.717) is 24.0 Å². The van der Waals surface area contributed by atoms with Crippen molar-refractivity contribution in [2.24, 2.45) is 11.7 Å². The second-order valence-corrected chi connectivity index (χ2v) is 5.79. The Morgan fingerprint density at radius 1 is 1.28 bits per heavy atom. The maximum absolute atomic E-state index is 6.33. The zero-order valence-corrected chi connectivity index (χ0v) is 10.9. The molecule has 1 aliphatic carbocycles. The second-order valence-electron chi connectivity index (χ2n) is 5.79. The molecule has 1 saturated heterocycles. The van der Waals surface area contributed by atoms with Crippen LogP contribution >= 0.6 is 0 Å². The summed E-state index contributed by atoms with van der Waals surface area (Å²) in [7, 11) is 0. The zero-order chi connectivity index (χ0) is 12.4. The van der Waals surface area contributed by atoms with Crippen molar-refractivity contribution < 1.29 is 4.74 Å². The van der Waals surface area contributed by atoms with Crippen molar-refractivity contribution in [2.75, 3.05) is 6.61 Å². The first kappa shape index (κ1) is 12.2. The number of hydrogen-bond donors (Lipinski definition) is 1. The maximum atomic E-state index is 6.33. The minimum atomic E-state index is 0.361. The van der Waals surface area contributed by atoms with Crippen LogP contribution in [0.4, 0.5) is 0 Å². The minimum absolute atomic E-state index is 0.361. The van der Waals surface area contributed by atoms with Gasteiger partial charge in [-0.15, -0.1) is 0 Å². The van der Waals surface area contributed by atoms with Crippen LogP contribution < -0.4 is 5.73 Å². The lowest BCUT2D eigenvalue weighted by Gasteiger charge is -2.14. The van der Waals surface area contributed by atoms with Gasteiger partial charge in [0.2, 0.25) is 0 Å². The number of benzene rings is 1. The summed E-state index contributed by atoms with van der Waals surface area (Å²) in [5, 5.41) is 0. The molecule has 98 valence electrons. The fourth-order valence-electron chi connectivity index (χ4n) is 3.24. The van der Waals surface area contributed by atoms with Gasteiger partial charge in [-0.25, -0.2) is 0 Å². The van der Waals surface area contributed by atoms with Crippen molar-refractivity contribution in [1.82, 2.24) is 0 Å². The molecule has 4 unspecified atom stereocenters. The Balaban J connectivity index is 1.45. The van der Waals surface area contributed by atoms with Crippen LogP contribution in [0.5, 0.6) is 0 Å². The lowest BCUT2D eigenvalue weighted by atomic mass is 10.00. The molecule has 0 amide bonds. The van der Waals surface area contributed by atoms with E-state index in [1.807, 2.05) is 0 Å². The van der Waals surface area contributed by atoms with Crippen LogP contribution in [0.25, 0.3) is 0 Å². The summed E-state index contributed by atoms with van der Waals surface area (Å²) in [5.74, 6) is 1.42. The molecule has 2 aliphatic rings. The molecular weight excluding hydrogens is 222 g/mol. The molecule has 0 aromatic heterocycles. The average Bonchev–Trinajstić information content (AvgIpc) is 3.05. The highest BCUT2D eigenvalue weighted by Crippen LogP contribution is 2.49. The highest BCUT2D eigenvalue weighted by Gasteiger charge is 2.42. The first-order chi connectivity index (χ1) is 8.84. The van der Waals surface area contributed by atoms with Gasteiger partial charge < -0.3 is 10.5 Å². The van der Waals surface area contributed by atoms with Crippen LogP contribution in [0, 0.1) is 5.92 Å². The quantitative estimate of drug-likeness (QED) is 0.865. The number of nitrogens with two attached hydrogens (primary N) is 1. The Hall–Kier alpha value is -0.860. The third-order valence-corrected chi connectivity index (χ3v) is 4.46. The molecule has 2 heteroatoms. The summed E-state index contributed by atoms with van der Waals surface area (Å²) < 4.78 is 5.66. The van der Waals surface area contributed by atoms with Gasteiger partial charge in [-0.3, -0.25) is 0 Å². The van der Waals surface area contributed by atoms with Crippen LogP contribution in [0.1, 0.15) is 43.6 Å². The maximum Gasteiger partial charge on any atom is 0.0576 e. The van der Waals surface area contributed by atoms with Crippen LogP contribution in [0.15, 0.2) is 30.3 Å². The predicted molar refractivity (Wildman–Crippen MR) is 73.5 cm³/mol. The van der Waals surface area contributed by atoms with Crippen LogP contribution in [-0.2, 0) is 4.74 Å². The van der Waals surface area contributed by atoms with Gasteiger partial charge in [-0.2, -0.15) is 0 Å². The SMILES string of the molecule is NC(CCC1CCCO1)C1CC1c1ccccc1. The molecule has 1 saturated carbocycles. The normalized spacial score (nSPS) is 32.4. The van der Waals surface area contributed by atoms with Crippen molar-refractivity contribution in [3.8, 4) is 0 Å². The van der Waals surface area contributed by atoms with Gasteiger partial charge in [0, 0.05) is 12.6 Å². The van der Waals surface area contributed by atoms with Crippen LogP contribution in [-0.4, -0.2) is 18.8 Å². The van der Waals surface area contributed by atoms with E-state index in [0.717, 1.165) is 19.4 Å². The van der Waals surface area contributed by atoms with Gasteiger partial charge in [-0.1, -0.05) is 30.3 Å². The minimum Gasteiger partial charge on any atom is -0.378 e. The van der Waals surface area contributed by atoms with Crippen molar-refractivity contribution in [3.05, 3.63) is 35.9 Å². The molecule has 0 bridgehead atoms. The van der Waals surface area contributed by atoms with Gasteiger partial charge >= 0.3 is 0 Å². The van der Waals surface area contributed by atoms with Gasteiger partial charge in [0.15, 0.2) is 0 Å². The number of rotatable bonds is 5. The standard InChI is InChI=1S/C16H23NO/c17-16(9-8-13-7-4-10-18-13)15-11-14(15)12-5-2-1-3-6-12/h1-3,5-6,13-16H,4,7-11,17H2. The number of hydrogen-bond acceptors (Lipinski definition) is 2. The molecule has 1 aliphatic heterocycles. The summed E-state index contributed by atoms with van der Waals surface area (Å²) >= 11 is 0. The van der Waals surface area contributed by atoms with Crippen molar-refractivity contribution >= 4 is 0 Å². The van der Waals surface area contributed by atoms with Crippen molar-refractivity contribution in [1.29, 1.82) is 0 Å². The Kier molecular flexibility index (Phi) is 3.67. The third kappa shape index (κ3) is 2.76. The third-order valence-electron chi connectivity index (χ3n) is 4.46. The topological polar surface area (TPSA) is 35.2 Å². The molecule has 18 heavy (non-hydrogen) atoms. The largest absolute Gasteiger partial charge is 0.378 e. The molecule has 2 fully saturated rings. The Morgan fingerprint density at radius 3 is 2.83 bits per heavy atom. The second kappa shape index (κ2) is 5.41. The summed E-state index contributed by atoms with van der Waals surface area (Å²) in [6.45, 7) is 0.954. The molecule has 1 heterocycles. The molecule has 0 spiro atoms. The van der Waals surface area contributed by atoms with Gasteiger partial charge in [0.1, 0.15) is 0 Å².